The lowest BCUT2D eigenvalue weighted by Crippen LogP contribution is -2.20. The minimum absolute atomic E-state index is 0.232. The number of pyridine rings is 1. The van der Waals surface area contributed by atoms with E-state index in [-0.39, 0.29) is 18.3 Å². The molecular weight excluding hydrogens is 298 g/mol. The Labute approximate surface area is 121 Å². The van der Waals surface area contributed by atoms with Gasteiger partial charge in [-0.15, -0.1) is 10.2 Å². The van der Waals surface area contributed by atoms with Gasteiger partial charge in [-0.1, -0.05) is 0 Å². The summed E-state index contributed by atoms with van der Waals surface area (Å²) in [5.74, 6) is 0.764. The van der Waals surface area contributed by atoms with Crippen molar-refractivity contribution in [1.29, 1.82) is 0 Å². The number of nitrogens with two attached hydrogens (primary N) is 1. The van der Waals surface area contributed by atoms with E-state index in [4.69, 9.17) is 14.6 Å². The number of hydrogen-bond acceptors (Lipinski definition) is 7. The van der Waals surface area contributed by atoms with Gasteiger partial charge in [0.15, 0.2) is 5.82 Å². The maximum Gasteiger partial charge on any atom is 0.273 e. The third-order valence-corrected chi connectivity index (χ3v) is 3.55. The Bertz CT molecular complexity index is 728. The standard InChI is InChI=1S/C11H15N5O4S/c1-19-6-5-16-10(14-15-11(16)21(12,17)18)8-3-4-13-7-9(8)20-2/h3-4,7H,5-6H2,1-2H3,(H2,12,17,18). The monoisotopic (exact) mass is 313 g/mol. The van der Waals surface area contributed by atoms with E-state index in [2.05, 4.69) is 15.2 Å². The molecule has 0 aliphatic rings. The van der Waals surface area contributed by atoms with Gasteiger partial charge in [-0.3, -0.25) is 9.55 Å². The van der Waals surface area contributed by atoms with Crippen LogP contribution in [0, 0.1) is 0 Å². The number of hydrogen-bond donors (Lipinski definition) is 1. The van der Waals surface area contributed by atoms with Crippen LogP contribution >= 0.6 is 0 Å². The van der Waals surface area contributed by atoms with Gasteiger partial charge >= 0.3 is 0 Å². The third-order valence-electron chi connectivity index (χ3n) is 2.74. The molecule has 0 amide bonds. The van der Waals surface area contributed by atoms with Crippen LogP contribution in [0.25, 0.3) is 11.4 Å². The second kappa shape index (κ2) is 6.16. The van der Waals surface area contributed by atoms with Crippen molar-refractivity contribution in [3.8, 4) is 17.1 Å². The fourth-order valence-corrected chi connectivity index (χ4v) is 2.45. The average Bonchev–Trinajstić information content (AvgIpc) is 2.88. The largest absolute Gasteiger partial charge is 0.494 e. The van der Waals surface area contributed by atoms with E-state index in [9.17, 15) is 8.42 Å². The van der Waals surface area contributed by atoms with Gasteiger partial charge in [0.05, 0.1) is 32.0 Å². The van der Waals surface area contributed by atoms with Gasteiger partial charge < -0.3 is 9.47 Å². The van der Waals surface area contributed by atoms with Crippen molar-refractivity contribution in [1.82, 2.24) is 19.7 Å². The molecular formula is C11H15N5O4S. The highest BCUT2D eigenvalue weighted by molar-refractivity contribution is 7.89. The van der Waals surface area contributed by atoms with Crippen LogP contribution in [-0.2, 0) is 21.3 Å². The Hall–Kier alpha value is -2.04. The van der Waals surface area contributed by atoms with E-state index in [1.54, 1.807) is 12.3 Å². The molecule has 2 N–H and O–H groups in total. The normalized spacial score (nSPS) is 11.6. The molecule has 0 aliphatic heterocycles. The van der Waals surface area contributed by atoms with Crippen LogP contribution in [0.2, 0.25) is 0 Å². The minimum atomic E-state index is -3.99. The van der Waals surface area contributed by atoms with E-state index in [1.807, 2.05) is 0 Å². The summed E-state index contributed by atoms with van der Waals surface area (Å²) >= 11 is 0. The first-order valence-electron chi connectivity index (χ1n) is 5.92. The lowest BCUT2D eigenvalue weighted by molar-refractivity contribution is 0.185. The molecule has 0 saturated heterocycles. The Morgan fingerprint density at radius 3 is 2.71 bits per heavy atom. The van der Waals surface area contributed by atoms with Crippen LogP contribution in [0.4, 0.5) is 0 Å². The zero-order valence-corrected chi connectivity index (χ0v) is 12.4. The van der Waals surface area contributed by atoms with Crippen LogP contribution < -0.4 is 9.88 Å². The summed E-state index contributed by atoms with van der Waals surface area (Å²) < 4.78 is 34.7. The molecule has 0 unspecified atom stereocenters. The van der Waals surface area contributed by atoms with Crippen LogP contribution in [-0.4, -0.2) is 49.0 Å². The third kappa shape index (κ3) is 3.17. The molecule has 0 bridgehead atoms. The summed E-state index contributed by atoms with van der Waals surface area (Å²) in [7, 11) is -1.00. The lowest BCUT2D eigenvalue weighted by Gasteiger charge is -2.10. The predicted molar refractivity (Wildman–Crippen MR) is 73.1 cm³/mol. The number of rotatable bonds is 6. The minimum Gasteiger partial charge on any atom is -0.494 e. The SMILES string of the molecule is COCCn1c(-c2ccncc2OC)nnc1S(N)(=O)=O. The zero-order valence-electron chi connectivity index (χ0n) is 11.6. The van der Waals surface area contributed by atoms with Gasteiger partial charge in [0.1, 0.15) is 5.75 Å². The number of nitrogens with zero attached hydrogens (tertiary/aromatic N) is 4. The van der Waals surface area contributed by atoms with Gasteiger partial charge in [-0.25, -0.2) is 13.6 Å². The van der Waals surface area contributed by atoms with Crippen LogP contribution in [0.15, 0.2) is 23.6 Å². The lowest BCUT2D eigenvalue weighted by atomic mass is 10.2. The quantitative estimate of drug-likeness (QED) is 0.772. The first kappa shape index (κ1) is 15.4. The molecule has 114 valence electrons. The molecule has 2 rings (SSSR count). The summed E-state index contributed by atoms with van der Waals surface area (Å²) in [5, 5.41) is 12.4. The molecule has 2 heterocycles. The topological polar surface area (TPSA) is 122 Å². The first-order valence-corrected chi connectivity index (χ1v) is 7.47. The molecule has 0 spiro atoms. The van der Waals surface area contributed by atoms with E-state index >= 15 is 0 Å². The molecule has 0 atom stereocenters. The number of methoxy groups -OCH3 is 2. The molecule has 0 aromatic carbocycles. The van der Waals surface area contributed by atoms with Crippen LogP contribution in [0.5, 0.6) is 5.75 Å². The van der Waals surface area contributed by atoms with Gasteiger partial charge in [-0.2, -0.15) is 0 Å². The van der Waals surface area contributed by atoms with Crippen molar-refractivity contribution in [3.05, 3.63) is 18.5 Å². The van der Waals surface area contributed by atoms with Gasteiger partial charge in [0.25, 0.3) is 15.2 Å². The average molecular weight is 313 g/mol. The van der Waals surface area contributed by atoms with Crippen LogP contribution in [0.1, 0.15) is 0 Å². The summed E-state index contributed by atoms with van der Waals surface area (Å²) in [6, 6.07) is 1.65. The summed E-state index contributed by atoms with van der Waals surface area (Å²) in [4.78, 5) is 3.94. The Kier molecular flexibility index (Phi) is 4.50. The van der Waals surface area contributed by atoms with Crippen molar-refractivity contribution in [2.24, 2.45) is 5.14 Å². The highest BCUT2D eigenvalue weighted by atomic mass is 32.2. The molecule has 0 aliphatic carbocycles. The van der Waals surface area contributed by atoms with Crippen molar-refractivity contribution >= 4 is 10.0 Å². The molecule has 2 aromatic rings. The second-order valence-corrected chi connectivity index (χ2v) is 5.53. The van der Waals surface area contributed by atoms with Crippen molar-refractivity contribution in [3.63, 3.8) is 0 Å². The second-order valence-electron chi connectivity index (χ2n) is 4.07. The zero-order chi connectivity index (χ0) is 15.5. The molecule has 9 nitrogen and oxygen atoms in total. The number of aromatic nitrogens is 4. The Morgan fingerprint density at radius 2 is 2.10 bits per heavy atom. The smallest absolute Gasteiger partial charge is 0.273 e. The molecule has 0 fully saturated rings. The molecule has 2 aromatic heterocycles. The fraction of sp³-hybridized carbons (Fsp3) is 0.364. The fourth-order valence-electron chi connectivity index (χ4n) is 1.81. The van der Waals surface area contributed by atoms with E-state index in [0.29, 0.717) is 17.1 Å². The summed E-state index contributed by atoms with van der Waals surface area (Å²) in [6.45, 7) is 0.511. The Balaban J connectivity index is 2.61. The molecule has 0 saturated carbocycles. The van der Waals surface area contributed by atoms with E-state index in [1.165, 1.54) is 25.0 Å². The summed E-state index contributed by atoms with van der Waals surface area (Å²) in [5.41, 5.74) is 0.561. The maximum atomic E-state index is 11.6. The number of ether oxygens (including phenoxy) is 2. The van der Waals surface area contributed by atoms with E-state index < -0.39 is 10.0 Å². The van der Waals surface area contributed by atoms with Gasteiger partial charge in [0.2, 0.25) is 0 Å². The van der Waals surface area contributed by atoms with Gasteiger partial charge in [0, 0.05) is 13.3 Å². The molecule has 10 heteroatoms. The van der Waals surface area contributed by atoms with E-state index in [0.717, 1.165) is 0 Å². The molecule has 0 radical (unpaired) electrons. The maximum absolute atomic E-state index is 11.6. The number of sulfonamides is 1. The van der Waals surface area contributed by atoms with Crippen molar-refractivity contribution in [2.45, 2.75) is 11.7 Å². The predicted octanol–water partition coefficient (Wildman–Crippen LogP) is -0.357. The Morgan fingerprint density at radius 1 is 1.33 bits per heavy atom. The number of primary sulfonamides is 1. The first-order chi connectivity index (χ1) is 9.99. The highest BCUT2D eigenvalue weighted by Gasteiger charge is 2.23. The highest BCUT2D eigenvalue weighted by Crippen LogP contribution is 2.28. The summed E-state index contributed by atoms with van der Waals surface area (Å²) in [6.07, 6.45) is 3.05. The molecule has 21 heavy (non-hydrogen) atoms. The van der Waals surface area contributed by atoms with Crippen molar-refractivity contribution < 1.29 is 17.9 Å². The van der Waals surface area contributed by atoms with Gasteiger partial charge in [-0.05, 0) is 6.07 Å². The van der Waals surface area contributed by atoms with Crippen molar-refractivity contribution in [2.75, 3.05) is 20.8 Å². The van der Waals surface area contributed by atoms with Crippen LogP contribution in [0.3, 0.4) is 0 Å².